The standard InChI is InChI=1S/C14H16N2O2S2/c1-2-11-7-16(4-5-18-11)14(17)12-9-20-13(15-12)10-3-6-19-8-10/h3,6,8-9,11H,2,4-5,7H2,1H3/t11-/m1/s1. The predicted molar refractivity (Wildman–Crippen MR) is 81.4 cm³/mol. The second-order valence-corrected chi connectivity index (χ2v) is 6.34. The number of thiazole rings is 1. The third kappa shape index (κ3) is 2.77. The van der Waals surface area contributed by atoms with Crippen LogP contribution in [0.2, 0.25) is 0 Å². The van der Waals surface area contributed by atoms with Crippen LogP contribution >= 0.6 is 22.7 Å². The van der Waals surface area contributed by atoms with E-state index in [1.54, 1.807) is 11.3 Å². The molecule has 20 heavy (non-hydrogen) atoms. The Kier molecular flexibility index (Phi) is 4.14. The predicted octanol–water partition coefficient (Wildman–Crippen LogP) is 3.12. The Morgan fingerprint density at radius 1 is 1.55 bits per heavy atom. The lowest BCUT2D eigenvalue weighted by atomic mass is 10.2. The van der Waals surface area contributed by atoms with Crippen molar-refractivity contribution in [2.45, 2.75) is 19.4 Å². The molecule has 106 valence electrons. The van der Waals surface area contributed by atoms with Crippen LogP contribution in [0.15, 0.2) is 22.2 Å². The van der Waals surface area contributed by atoms with Crippen molar-refractivity contribution < 1.29 is 9.53 Å². The highest BCUT2D eigenvalue weighted by atomic mass is 32.1. The van der Waals surface area contributed by atoms with E-state index in [9.17, 15) is 4.79 Å². The van der Waals surface area contributed by atoms with Crippen molar-refractivity contribution in [2.24, 2.45) is 0 Å². The third-order valence-corrected chi connectivity index (χ3v) is 4.95. The summed E-state index contributed by atoms with van der Waals surface area (Å²) in [7, 11) is 0. The fraction of sp³-hybridized carbons (Fsp3) is 0.429. The number of carbonyl (C=O) groups excluding carboxylic acids is 1. The maximum Gasteiger partial charge on any atom is 0.273 e. The van der Waals surface area contributed by atoms with E-state index < -0.39 is 0 Å². The van der Waals surface area contributed by atoms with E-state index in [1.807, 2.05) is 21.7 Å². The van der Waals surface area contributed by atoms with Crippen LogP contribution in [-0.4, -0.2) is 41.6 Å². The van der Waals surface area contributed by atoms with Gasteiger partial charge in [-0.25, -0.2) is 4.98 Å². The molecule has 0 unspecified atom stereocenters. The van der Waals surface area contributed by atoms with Crippen molar-refractivity contribution in [3.8, 4) is 10.6 Å². The molecule has 3 rings (SSSR count). The SMILES string of the molecule is CC[C@@H]1CN(C(=O)c2csc(-c3ccsc3)n2)CCO1. The Morgan fingerprint density at radius 3 is 3.20 bits per heavy atom. The van der Waals surface area contributed by atoms with Crippen LogP contribution < -0.4 is 0 Å². The third-order valence-electron chi connectivity index (χ3n) is 3.37. The lowest BCUT2D eigenvalue weighted by Gasteiger charge is -2.32. The summed E-state index contributed by atoms with van der Waals surface area (Å²) in [5.74, 6) is 0.0180. The zero-order valence-corrected chi connectivity index (χ0v) is 12.9. The first-order valence-electron chi connectivity index (χ1n) is 6.67. The van der Waals surface area contributed by atoms with Gasteiger partial charge < -0.3 is 9.64 Å². The Bertz CT molecular complexity index is 580. The summed E-state index contributed by atoms with van der Waals surface area (Å²) in [4.78, 5) is 18.8. The first kappa shape index (κ1) is 13.7. The molecule has 1 saturated heterocycles. The Balaban J connectivity index is 1.74. The zero-order chi connectivity index (χ0) is 13.9. The maximum absolute atomic E-state index is 12.5. The number of hydrogen-bond donors (Lipinski definition) is 0. The summed E-state index contributed by atoms with van der Waals surface area (Å²) < 4.78 is 5.60. The molecule has 0 N–H and O–H groups in total. The number of carbonyl (C=O) groups is 1. The number of amides is 1. The monoisotopic (exact) mass is 308 g/mol. The smallest absolute Gasteiger partial charge is 0.273 e. The van der Waals surface area contributed by atoms with Crippen molar-refractivity contribution in [3.05, 3.63) is 27.9 Å². The van der Waals surface area contributed by atoms with E-state index in [-0.39, 0.29) is 12.0 Å². The van der Waals surface area contributed by atoms with Crippen molar-refractivity contribution in [1.29, 1.82) is 0 Å². The number of aromatic nitrogens is 1. The highest BCUT2D eigenvalue weighted by molar-refractivity contribution is 7.14. The van der Waals surface area contributed by atoms with E-state index in [2.05, 4.69) is 17.3 Å². The number of nitrogens with zero attached hydrogens (tertiary/aromatic N) is 2. The minimum Gasteiger partial charge on any atom is -0.375 e. The van der Waals surface area contributed by atoms with Crippen molar-refractivity contribution >= 4 is 28.6 Å². The molecule has 1 aliphatic heterocycles. The normalized spacial score (nSPS) is 19.2. The first-order valence-corrected chi connectivity index (χ1v) is 8.49. The number of hydrogen-bond acceptors (Lipinski definition) is 5. The van der Waals surface area contributed by atoms with Gasteiger partial charge in [0.25, 0.3) is 5.91 Å². The van der Waals surface area contributed by atoms with E-state index in [0.717, 1.165) is 17.0 Å². The van der Waals surface area contributed by atoms with Crippen LogP contribution in [0.3, 0.4) is 0 Å². The highest BCUT2D eigenvalue weighted by Crippen LogP contribution is 2.26. The van der Waals surface area contributed by atoms with Crippen LogP contribution in [0.1, 0.15) is 23.8 Å². The van der Waals surface area contributed by atoms with Gasteiger partial charge in [-0.1, -0.05) is 6.92 Å². The number of ether oxygens (including phenoxy) is 1. The van der Waals surface area contributed by atoms with Crippen molar-refractivity contribution in [3.63, 3.8) is 0 Å². The number of thiophene rings is 1. The van der Waals surface area contributed by atoms with Gasteiger partial charge in [-0.05, 0) is 17.9 Å². The molecule has 1 fully saturated rings. The summed E-state index contributed by atoms with van der Waals surface area (Å²) in [5.41, 5.74) is 1.64. The van der Waals surface area contributed by atoms with Crippen LogP contribution in [0.4, 0.5) is 0 Å². The summed E-state index contributed by atoms with van der Waals surface area (Å²) in [5, 5.41) is 6.84. The molecular formula is C14H16N2O2S2. The van der Waals surface area contributed by atoms with Gasteiger partial charge in [0, 0.05) is 29.4 Å². The molecule has 1 amide bonds. The van der Waals surface area contributed by atoms with Crippen LogP contribution in [0.5, 0.6) is 0 Å². The largest absolute Gasteiger partial charge is 0.375 e. The molecular weight excluding hydrogens is 292 g/mol. The van der Waals surface area contributed by atoms with Gasteiger partial charge in [0.2, 0.25) is 0 Å². The van der Waals surface area contributed by atoms with Gasteiger partial charge in [0.05, 0.1) is 12.7 Å². The molecule has 4 nitrogen and oxygen atoms in total. The van der Waals surface area contributed by atoms with Crippen LogP contribution in [-0.2, 0) is 4.74 Å². The van der Waals surface area contributed by atoms with Crippen molar-refractivity contribution in [2.75, 3.05) is 19.7 Å². The maximum atomic E-state index is 12.5. The number of rotatable bonds is 3. The Labute approximate surface area is 126 Å². The average molecular weight is 308 g/mol. The van der Waals surface area contributed by atoms with Gasteiger partial charge >= 0.3 is 0 Å². The second-order valence-electron chi connectivity index (χ2n) is 4.70. The summed E-state index contributed by atoms with van der Waals surface area (Å²) in [6.07, 6.45) is 1.09. The van der Waals surface area contributed by atoms with E-state index in [0.29, 0.717) is 25.4 Å². The topological polar surface area (TPSA) is 42.4 Å². The minimum absolute atomic E-state index is 0.0180. The Morgan fingerprint density at radius 2 is 2.45 bits per heavy atom. The van der Waals surface area contributed by atoms with Gasteiger partial charge in [0.15, 0.2) is 0 Å². The van der Waals surface area contributed by atoms with Crippen LogP contribution in [0.25, 0.3) is 10.6 Å². The van der Waals surface area contributed by atoms with Gasteiger partial charge in [-0.15, -0.1) is 11.3 Å². The van der Waals surface area contributed by atoms with Gasteiger partial charge in [-0.3, -0.25) is 4.79 Å². The Hall–Kier alpha value is -1.24. The molecule has 0 aromatic carbocycles. The summed E-state index contributed by atoms with van der Waals surface area (Å²) >= 11 is 3.16. The fourth-order valence-electron chi connectivity index (χ4n) is 2.20. The minimum atomic E-state index is 0.0180. The first-order chi connectivity index (χ1) is 9.78. The van der Waals surface area contributed by atoms with Crippen molar-refractivity contribution in [1.82, 2.24) is 9.88 Å². The van der Waals surface area contributed by atoms with E-state index in [1.165, 1.54) is 11.3 Å². The molecule has 3 heterocycles. The quantitative estimate of drug-likeness (QED) is 0.875. The lowest BCUT2D eigenvalue weighted by molar-refractivity contribution is -0.0227. The number of morpholine rings is 1. The molecule has 0 aliphatic carbocycles. The highest BCUT2D eigenvalue weighted by Gasteiger charge is 2.25. The second kappa shape index (κ2) is 6.03. The molecule has 0 radical (unpaired) electrons. The molecule has 1 atom stereocenters. The van der Waals surface area contributed by atoms with Gasteiger partial charge in [-0.2, -0.15) is 11.3 Å². The van der Waals surface area contributed by atoms with Crippen LogP contribution in [0, 0.1) is 0 Å². The van der Waals surface area contributed by atoms with E-state index in [4.69, 9.17) is 4.74 Å². The molecule has 2 aromatic rings. The molecule has 6 heteroatoms. The molecule has 0 bridgehead atoms. The summed E-state index contributed by atoms with van der Waals surface area (Å²) in [6.45, 7) is 4.02. The average Bonchev–Trinajstić information content (AvgIpc) is 3.17. The van der Waals surface area contributed by atoms with Gasteiger partial charge in [0.1, 0.15) is 10.7 Å². The molecule has 2 aromatic heterocycles. The zero-order valence-electron chi connectivity index (χ0n) is 11.2. The molecule has 0 saturated carbocycles. The molecule has 0 spiro atoms. The van der Waals surface area contributed by atoms with E-state index >= 15 is 0 Å². The summed E-state index contributed by atoms with van der Waals surface area (Å²) in [6, 6.07) is 2.03. The fourth-order valence-corrected chi connectivity index (χ4v) is 3.71. The lowest BCUT2D eigenvalue weighted by Crippen LogP contribution is -2.45. The molecule has 1 aliphatic rings.